The lowest BCUT2D eigenvalue weighted by Crippen LogP contribution is -2.38. The highest BCUT2D eigenvalue weighted by Gasteiger charge is 2.13. The molecule has 3 N–H and O–H groups in total. The molecule has 2 rings (SSSR count). The van der Waals surface area contributed by atoms with Crippen molar-refractivity contribution < 1.29 is 0 Å². The van der Waals surface area contributed by atoms with Gasteiger partial charge in [0.15, 0.2) is 0 Å². The zero-order chi connectivity index (χ0) is 13.7. The highest BCUT2D eigenvalue weighted by molar-refractivity contribution is 7.80. The molecule has 1 fully saturated rings. The minimum Gasteiger partial charge on any atom is -0.389 e. The Hall–Kier alpha value is -1.13. The molecule has 1 aromatic carbocycles. The first-order valence-corrected chi connectivity index (χ1v) is 7.45. The molecule has 1 heterocycles. The van der Waals surface area contributed by atoms with Gasteiger partial charge in [0.2, 0.25) is 0 Å². The smallest absolute Gasteiger partial charge is 0.103 e. The number of rotatable bonds is 5. The van der Waals surface area contributed by atoms with E-state index in [9.17, 15) is 0 Å². The van der Waals surface area contributed by atoms with Crippen LogP contribution in [0, 0.1) is 0 Å². The Morgan fingerprint density at radius 1 is 1.26 bits per heavy atom. The molecule has 1 unspecified atom stereocenters. The van der Waals surface area contributed by atoms with Gasteiger partial charge >= 0.3 is 0 Å². The van der Waals surface area contributed by atoms with E-state index in [0.717, 1.165) is 17.8 Å². The van der Waals surface area contributed by atoms with Crippen molar-refractivity contribution in [3.05, 3.63) is 29.8 Å². The van der Waals surface area contributed by atoms with Gasteiger partial charge in [-0.25, -0.2) is 0 Å². The summed E-state index contributed by atoms with van der Waals surface area (Å²) in [7, 11) is 0. The molecule has 0 aromatic heterocycles. The lowest BCUT2D eigenvalue weighted by molar-refractivity contribution is 0.223. The first kappa shape index (κ1) is 14.3. The highest BCUT2D eigenvalue weighted by atomic mass is 32.1. The number of nitrogens with zero attached hydrogens (tertiary/aromatic N) is 1. The molecule has 0 radical (unpaired) electrons. The van der Waals surface area contributed by atoms with Crippen LogP contribution in [0.4, 0.5) is 5.69 Å². The number of piperidine rings is 1. The lowest BCUT2D eigenvalue weighted by atomic mass is 10.1. The zero-order valence-electron chi connectivity index (χ0n) is 11.6. The molecule has 1 aliphatic heterocycles. The van der Waals surface area contributed by atoms with E-state index >= 15 is 0 Å². The van der Waals surface area contributed by atoms with Crippen LogP contribution in [0.2, 0.25) is 0 Å². The highest BCUT2D eigenvalue weighted by Crippen LogP contribution is 2.13. The van der Waals surface area contributed by atoms with Crippen molar-refractivity contribution in [3.8, 4) is 0 Å². The maximum Gasteiger partial charge on any atom is 0.103 e. The summed E-state index contributed by atoms with van der Waals surface area (Å²) in [6, 6.07) is 8.48. The number of hydrogen-bond donors (Lipinski definition) is 2. The fraction of sp³-hybridized carbons (Fsp3) is 0.533. The van der Waals surface area contributed by atoms with Crippen molar-refractivity contribution in [3.63, 3.8) is 0 Å². The summed E-state index contributed by atoms with van der Waals surface area (Å²) >= 11 is 4.95. The lowest BCUT2D eigenvalue weighted by Gasteiger charge is -2.29. The van der Waals surface area contributed by atoms with Crippen molar-refractivity contribution in [2.75, 3.05) is 25.0 Å². The van der Waals surface area contributed by atoms with Gasteiger partial charge in [-0.3, -0.25) is 0 Å². The van der Waals surface area contributed by atoms with Gasteiger partial charge in [0.1, 0.15) is 4.99 Å². The maximum atomic E-state index is 5.59. The van der Waals surface area contributed by atoms with Gasteiger partial charge in [-0.05, 0) is 57.1 Å². The number of anilines is 1. The predicted molar refractivity (Wildman–Crippen MR) is 85.7 cm³/mol. The topological polar surface area (TPSA) is 41.3 Å². The molecule has 0 aliphatic carbocycles. The van der Waals surface area contributed by atoms with Crippen LogP contribution in [0.1, 0.15) is 31.7 Å². The Kier molecular flexibility index (Phi) is 5.16. The van der Waals surface area contributed by atoms with E-state index in [1.165, 1.54) is 32.4 Å². The van der Waals surface area contributed by atoms with Gasteiger partial charge in [-0.2, -0.15) is 0 Å². The molecule has 0 spiro atoms. The van der Waals surface area contributed by atoms with Crippen LogP contribution >= 0.6 is 12.2 Å². The molecule has 3 nitrogen and oxygen atoms in total. The van der Waals surface area contributed by atoms with Gasteiger partial charge in [0.25, 0.3) is 0 Å². The molecular weight excluding hydrogens is 254 g/mol. The number of benzene rings is 1. The molecule has 19 heavy (non-hydrogen) atoms. The molecule has 0 amide bonds. The number of nitrogens with one attached hydrogen (secondary N) is 1. The standard InChI is InChI=1S/C15H23N3S/c1-12(11-18-9-3-2-4-10-18)17-14-7-5-13(6-8-14)15(16)19/h5-8,12,17H,2-4,9-11H2,1H3,(H2,16,19). The Balaban J connectivity index is 1.83. The second kappa shape index (κ2) is 6.87. The molecule has 1 aliphatic rings. The molecule has 0 saturated carbocycles. The van der Waals surface area contributed by atoms with Crippen molar-refractivity contribution in [1.29, 1.82) is 0 Å². The summed E-state index contributed by atoms with van der Waals surface area (Å²) in [6.45, 7) is 5.83. The number of thiocarbonyl (C=S) groups is 1. The SMILES string of the molecule is CC(CN1CCCCC1)Nc1ccc(C(N)=S)cc1. The van der Waals surface area contributed by atoms with E-state index < -0.39 is 0 Å². The molecule has 4 heteroatoms. The molecular formula is C15H23N3S. The monoisotopic (exact) mass is 277 g/mol. The number of likely N-dealkylation sites (tertiary alicyclic amines) is 1. The first-order chi connectivity index (χ1) is 9.15. The Labute approximate surface area is 121 Å². The van der Waals surface area contributed by atoms with Crippen LogP contribution in [0.3, 0.4) is 0 Å². The summed E-state index contributed by atoms with van der Waals surface area (Å²) in [6.07, 6.45) is 4.07. The zero-order valence-corrected chi connectivity index (χ0v) is 12.4. The van der Waals surface area contributed by atoms with Crippen molar-refractivity contribution in [2.45, 2.75) is 32.2 Å². The van der Waals surface area contributed by atoms with Crippen LogP contribution in [0.25, 0.3) is 0 Å². The normalized spacial score (nSPS) is 17.9. The van der Waals surface area contributed by atoms with Gasteiger partial charge in [-0.15, -0.1) is 0 Å². The van der Waals surface area contributed by atoms with E-state index in [1.807, 2.05) is 24.3 Å². The van der Waals surface area contributed by atoms with Crippen molar-refractivity contribution in [1.82, 2.24) is 4.90 Å². The Bertz CT molecular complexity index is 410. The second-order valence-corrected chi connectivity index (χ2v) is 5.79. The van der Waals surface area contributed by atoms with Gasteiger partial charge in [0.05, 0.1) is 0 Å². The summed E-state index contributed by atoms with van der Waals surface area (Å²) in [5, 5.41) is 3.53. The van der Waals surface area contributed by atoms with Crippen LogP contribution in [-0.4, -0.2) is 35.6 Å². The van der Waals surface area contributed by atoms with E-state index in [2.05, 4.69) is 17.1 Å². The maximum absolute atomic E-state index is 5.59. The number of nitrogens with two attached hydrogens (primary N) is 1. The molecule has 104 valence electrons. The molecule has 0 bridgehead atoms. The summed E-state index contributed by atoms with van der Waals surface area (Å²) in [5.74, 6) is 0. The van der Waals surface area contributed by atoms with Crippen LogP contribution in [-0.2, 0) is 0 Å². The minimum absolute atomic E-state index is 0.452. The Morgan fingerprint density at radius 3 is 2.47 bits per heavy atom. The molecule has 1 aromatic rings. The second-order valence-electron chi connectivity index (χ2n) is 5.35. The van der Waals surface area contributed by atoms with E-state index in [0.29, 0.717) is 11.0 Å². The fourth-order valence-electron chi connectivity index (χ4n) is 2.59. The summed E-state index contributed by atoms with van der Waals surface area (Å²) in [4.78, 5) is 3.00. The first-order valence-electron chi connectivity index (χ1n) is 7.04. The third kappa shape index (κ3) is 4.48. The average Bonchev–Trinajstić information content (AvgIpc) is 2.40. The van der Waals surface area contributed by atoms with Crippen molar-refractivity contribution >= 4 is 22.9 Å². The third-order valence-electron chi connectivity index (χ3n) is 3.56. The van der Waals surface area contributed by atoms with Gasteiger partial charge in [0, 0.05) is 23.8 Å². The minimum atomic E-state index is 0.452. The third-order valence-corrected chi connectivity index (χ3v) is 3.80. The Morgan fingerprint density at radius 2 is 1.89 bits per heavy atom. The van der Waals surface area contributed by atoms with Crippen molar-refractivity contribution in [2.24, 2.45) is 5.73 Å². The van der Waals surface area contributed by atoms with Gasteiger partial charge < -0.3 is 16.0 Å². The van der Waals surface area contributed by atoms with Crippen LogP contribution < -0.4 is 11.1 Å². The predicted octanol–water partition coefficient (Wildman–Crippen LogP) is 2.61. The molecule has 1 saturated heterocycles. The van der Waals surface area contributed by atoms with Crippen LogP contribution in [0.15, 0.2) is 24.3 Å². The van der Waals surface area contributed by atoms with E-state index in [4.69, 9.17) is 18.0 Å². The largest absolute Gasteiger partial charge is 0.389 e. The van der Waals surface area contributed by atoms with Gasteiger partial charge in [-0.1, -0.05) is 18.6 Å². The van der Waals surface area contributed by atoms with Crippen LogP contribution in [0.5, 0.6) is 0 Å². The fourth-order valence-corrected chi connectivity index (χ4v) is 2.73. The molecule has 1 atom stereocenters. The van der Waals surface area contributed by atoms with E-state index in [1.54, 1.807) is 0 Å². The quantitative estimate of drug-likeness (QED) is 0.812. The van der Waals surface area contributed by atoms with E-state index in [-0.39, 0.29) is 0 Å². The average molecular weight is 277 g/mol. The summed E-state index contributed by atoms with van der Waals surface area (Å²) < 4.78 is 0. The summed E-state index contributed by atoms with van der Waals surface area (Å²) in [5.41, 5.74) is 7.64. The number of hydrogen-bond acceptors (Lipinski definition) is 3.